The molecule has 0 N–H and O–H groups in total. The molecule has 0 heterocycles. The molecular weight excluding hydrogens is 300 g/mol. The molecule has 1 rings (SSSR count). The normalized spacial score (nSPS) is 17.5. The van der Waals surface area contributed by atoms with E-state index in [1.165, 1.54) is 26.4 Å². The van der Waals surface area contributed by atoms with E-state index in [4.69, 9.17) is 0 Å². The summed E-state index contributed by atoms with van der Waals surface area (Å²) in [5, 5.41) is 0. The molecule has 1 aliphatic rings. The van der Waals surface area contributed by atoms with Crippen LogP contribution in [0.1, 0.15) is 67.7 Å². The van der Waals surface area contributed by atoms with E-state index in [9.17, 15) is 4.79 Å². The monoisotopic (exact) mass is 338 g/mol. The molecule has 0 aromatic carbocycles. The van der Waals surface area contributed by atoms with Crippen molar-refractivity contribution in [2.45, 2.75) is 67.7 Å². The fourth-order valence-electron chi connectivity index (χ4n) is 1.86. The van der Waals surface area contributed by atoms with Crippen molar-refractivity contribution in [3.05, 3.63) is 35.5 Å². The van der Waals surface area contributed by atoms with Gasteiger partial charge in [-0.15, -0.1) is 0 Å². The zero-order chi connectivity index (χ0) is 19.1. The minimum Gasteiger partial charge on any atom is -0.435 e. The van der Waals surface area contributed by atoms with E-state index in [2.05, 4.69) is 55.9 Å². The van der Waals surface area contributed by atoms with Crippen LogP contribution in [-0.2, 0) is 14.3 Å². The highest BCUT2D eigenvalue weighted by molar-refractivity contribution is 5.86. The average molecular weight is 339 g/mol. The van der Waals surface area contributed by atoms with Gasteiger partial charge in [0.05, 0.1) is 0 Å². The van der Waals surface area contributed by atoms with Gasteiger partial charge in [0.15, 0.2) is 6.79 Å². The molecule has 0 bridgehead atoms. The van der Waals surface area contributed by atoms with E-state index >= 15 is 0 Å². The number of carbonyl (C=O) groups is 1. The van der Waals surface area contributed by atoms with Crippen molar-refractivity contribution < 1.29 is 14.3 Å². The molecule has 3 heteroatoms. The third kappa shape index (κ3) is 14.3. The minimum absolute atomic E-state index is 0.00824. The Bertz CT molecular complexity index is 417. The molecule has 1 saturated carbocycles. The summed E-state index contributed by atoms with van der Waals surface area (Å²) in [4.78, 5) is 10.5. The van der Waals surface area contributed by atoms with Gasteiger partial charge in [0, 0.05) is 12.7 Å². The van der Waals surface area contributed by atoms with Gasteiger partial charge < -0.3 is 9.47 Å². The van der Waals surface area contributed by atoms with Gasteiger partial charge in [-0.2, -0.15) is 0 Å². The Kier molecular flexibility index (Phi) is 15.8. The maximum atomic E-state index is 10.5. The van der Waals surface area contributed by atoms with Gasteiger partial charge in [-0.1, -0.05) is 64.5 Å². The summed E-state index contributed by atoms with van der Waals surface area (Å²) in [5.41, 5.74) is 3.69. The van der Waals surface area contributed by atoms with Gasteiger partial charge >= 0.3 is 5.97 Å². The molecule has 3 nitrogen and oxygen atoms in total. The molecule has 0 aromatic heterocycles. The lowest BCUT2D eigenvalue weighted by Gasteiger charge is -1.99. The molecule has 0 radical (unpaired) electrons. The highest BCUT2D eigenvalue weighted by Crippen LogP contribution is 2.40. The van der Waals surface area contributed by atoms with Crippen molar-refractivity contribution in [1.29, 1.82) is 0 Å². The highest BCUT2D eigenvalue weighted by Gasteiger charge is 2.25. The highest BCUT2D eigenvalue weighted by atomic mass is 16.7. The first kappa shape index (κ1) is 24.9. The van der Waals surface area contributed by atoms with Crippen molar-refractivity contribution in [2.75, 3.05) is 13.9 Å². The minimum atomic E-state index is -0.420. The van der Waals surface area contributed by atoms with Crippen LogP contribution >= 0.6 is 0 Å². The molecule has 1 unspecified atom stereocenters. The maximum Gasteiger partial charge on any atom is 0.335 e. The summed E-state index contributed by atoms with van der Waals surface area (Å²) in [6, 6.07) is 0. The van der Waals surface area contributed by atoms with Crippen molar-refractivity contribution in [3.63, 3.8) is 0 Å². The Morgan fingerprint density at radius 1 is 1.29 bits per heavy atom. The lowest BCUT2D eigenvalue weighted by molar-refractivity contribution is -0.149. The SMILES string of the molecule is C=C(C)C(=O)OCOC.CC.CC(CC=CCC(C)C)=C1CC1C. The summed E-state index contributed by atoms with van der Waals surface area (Å²) >= 11 is 0. The first-order valence-electron chi connectivity index (χ1n) is 8.94. The fourth-order valence-corrected chi connectivity index (χ4v) is 1.86. The van der Waals surface area contributed by atoms with E-state index in [-0.39, 0.29) is 6.79 Å². The van der Waals surface area contributed by atoms with Gasteiger partial charge in [-0.05, 0) is 44.9 Å². The number of ether oxygens (including phenoxy) is 2. The van der Waals surface area contributed by atoms with Crippen LogP contribution in [0.4, 0.5) is 0 Å². The van der Waals surface area contributed by atoms with Crippen molar-refractivity contribution in [3.8, 4) is 0 Å². The number of carbonyl (C=O) groups excluding carboxylic acids is 1. The maximum absolute atomic E-state index is 10.5. The first-order valence-corrected chi connectivity index (χ1v) is 8.94. The average Bonchev–Trinajstić information content (AvgIpc) is 3.28. The number of methoxy groups -OCH3 is 1. The van der Waals surface area contributed by atoms with Crippen LogP contribution in [0, 0.1) is 11.8 Å². The van der Waals surface area contributed by atoms with Crippen molar-refractivity contribution in [2.24, 2.45) is 11.8 Å². The Hall–Kier alpha value is -1.35. The van der Waals surface area contributed by atoms with Crippen molar-refractivity contribution >= 4 is 5.97 Å². The molecular formula is C21H38O3. The lowest BCUT2D eigenvalue weighted by Crippen LogP contribution is -2.06. The quantitative estimate of drug-likeness (QED) is 0.244. The molecule has 0 saturated heterocycles. The van der Waals surface area contributed by atoms with Gasteiger partial charge in [0.2, 0.25) is 0 Å². The predicted molar refractivity (Wildman–Crippen MR) is 104 cm³/mol. The third-order valence-corrected chi connectivity index (χ3v) is 3.36. The Morgan fingerprint density at radius 3 is 2.21 bits per heavy atom. The second kappa shape index (κ2) is 15.2. The molecule has 0 aromatic rings. The van der Waals surface area contributed by atoms with E-state index in [0.29, 0.717) is 5.57 Å². The van der Waals surface area contributed by atoms with Crippen LogP contribution in [0.5, 0.6) is 0 Å². The molecule has 0 amide bonds. The largest absolute Gasteiger partial charge is 0.435 e. The predicted octanol–water partition coefficient (Wildman–Crippen LogP) is 6.07. The van der Waals surface area contributed by atoms with Crippen molar-refractivity contribution in [1.82, 2.24) is 0 Å². The zero-order valence-corrected chi connectivity index (χ0v) is 17.1. The van der Waals surface area contributed by atoms with Gasteiger partial charge in [0.1, 0.15) is 0 Å². The number of allylic oxidation sites excluding steroid dienone is 4. The Morgan fingerprint density at radius 2 is 1.83 bits per heavy atom. The summed E-state index contributed by atoms with van der Waals surface area (Å²) in [5.74, 6) is 1.26. The fraction of sp³-hybridized carbons (Fsp3) is 0.667. The standard InChI is InChI=1S/C13H22.C6H10O3.C2H6/c1-10(2)7-5-6-8-11(3)13-9-12(13)4;1-5(2)6(7)9-4-8-3;1-2/h5-6,10,12H,7-9H2,1-4H3;1,4H2,2-3H3;1-2H3. The second-order valence-corrected chi connectivity index (χ2v) is 6.33. The van der Waals surface area contributed by atoms with Crippen LogP contribution in [0.25, 0.3) is 0 Å². The molecule has 1 fully saturated rings. The second-order valence-electron chi connectivity index (χ2n) is 6.33. The summed E-state index contributed by atoms with van der Waals surface area (Å²) < 4.78 is 8.97. The van der Waals surface area contributed by atoms with Crippen LogP contribution < -0.4 is 0 Å². The van der Waals surface area contributed by atoms with Crippen LogP contribution in [0.3, 0.4) is 0 Å². The van der Waals surface area contributed by atoms with E-state index in [1.54, 1.807) is 18.1 Å². The van der Waals surface area contributed by atoms with Gasteiger partial charge in [-0.3, -0.25) is 0 Å². The van der Waals surface area contributed by atoms with E-state index in [0.717, 1.165) is 11.8 Å². The third-order valence-electron chi connectivity index (χ3n) is 3.36. The molecule has 0 spiro atoms. The van der Waals surface area contributed by atoms with Gasteiger partial charge in [0.25, 0.3) is 0 Å². The number of hydrogen-bond acceptors (Lipinski definition) is 3. The van der Waals surface area contributed by atoms with Gasteiger partial charge in [-0.25, -0.2) is 4.79 Å². The Balaban J connectivity index is 0. The summed E-state index contributed by atoms with van der Waals surface area (Å²) in [6.07, 6.45) is 8.39. The van der Waals surface area contributed by atoms with Crippen LogP contribution in [0.2, 0.25) is 0 Å². The topological polar surface area (TPSA) is 35.5 Å². The van der Waals surface area contributed by atoms with Crippen LogP contribution in [0.15, 0.2) is 35.5 Å². The van der Waals surface area contributed by atoms with Crippen LogP contribution in [-0.4, -0.2) is 19.9 Å². The number of esters is 1. The molecule has 140 valence electrons. The first-order chi connectivity index (χ1) is 11.3. The Labute approximate surface area is 149 Å². The molecule has 24 heavy (non-hydrogen) atoms. The summed E-state index contributed by atoms with van der Waals surface area (Å²) in [7, 11) is 1.45. The molecule has 1 atom stereocenters. The van der Waals surface area contributed by atoms with E-state index in [1.807, 2.05) is 13.8 Å². The number of rotatable bonds is 7. The lowest BCUT2D eigenvalue weighted by atomic mass is 10.1. The smallest absolute Gasteiger partial charge is 0.335 e. The molecule has 0 aliphatic heterocycles. The number of hydrogen-bond donors (Lipinski definition) is 0. The van der Waals surface area contributed by atoms with E-state index < -0.39 is 5.97 Å². The molecule has 1 aliphatic carbocycles. The summed E-state index contributed by atoms with van der Waals surface area (Å²) in [6.45, 7) is 18.1. The zero-order valence-electron chi connectivity index (χ0n) is 17.1.